The molecular formula is C25H33ClN2O4S. The first-order chi connectivity index (χ1) is 15.8. The minimum absolute atomic E-state index is 0.0548. The maximum absolute atomic E-state index is 13.1. The van der Waals surface area contributed by atoms with E-state index in [1.165, 1.54) is 24.3 Å². The number of rotatable bonds is 9. The van der Waals surface area contributed by atoms with Gasteiger partial charge in [0.05, 0.1) is 18.2 Å². The van der Waals surface area contributed by atoms with Crippen LogP contribution in [0, 0.1) is 12.8 Å². The highest BCUT2D eigenvalue weighted by atomic mass is 35.5. The quantitative estimate of drug-likeness (QED) is 0.506. The third-order valence-electron chi connectivity index (χ3n) is 6.64. The topological polar surface area (TPSA) is 59.1 Å². The van der Waals surface area contributed by atoms with E-state index >= 15 is 0 Å². The van der Waals surface area contributed by atoms with Crippen LogP contribution in [-0.2, 0) is 16.6 Å². The minimum Gasteiger partial charge on any atom is -0.495 e. The molecule has 0 aromatic heterocycles. The molecule has 0 N–H and O–H groups in total. The fraction of sp³-hybridized carbons (Fsp3) is 0.520. The molecule has 2 fully saturated rings. The van der Waals surface area contributed by atoms with Crippen molar-refractivity contribution in [2.24, 2.45) is 5.92 Å². The van der Waals surface area contributed by atoms with Crippen LogP contribution in [0.15, 0.2) is 41.3 Å². The van der Waals surface area contributed by atoms with E-state index in [2.05, 4.69) is 11.0 Å². The highest BCUT2D eigenvalue weighted by Crippen LogP contribution is 2.37. The van der Waals surface area contributed by atoms with Gasteiger partial charge in [-0.3, -0.25) is 4.90 Å². The highest BCUT2D eigenvalue weighted by Gasteiger charge is 2.35. The van der Waals surface area contributed by atoms with Crippen molar-refractivity contribution in [1.29, 1.82) is 0 Å². The molecule has 2 aromatic carbocycles. The molecule has 6 nitrogen and oxygen atoms in total. The first-order valence-electron chi connectivity index (χ1n) is 11.6. The van der Waals surface area contributed by atoms with Gasteiger partial charge in [0.2, 0.25) is 10.0 Å². The molecule has 1 aliphatic heterocycles. The second-order valence-corrected chi connectivity index (χ2v) is 11.6. The summed E-state index contributed by atoms with van der Waals surface area (Å²) in [6, 6.07) is 11.2. The van der Waals surface area contributed by atoms with Crippen molar-refractivity contribution in [3.63, 3.8) is 0 Å². The molecule has 0 spiro atoms. The summed E-state index contributed by atoms with van der Waals surface area (Å²) in [4.78, 5) is 2.63. The maximum Gasteiger partial charge on any atom is 0.246 e. The number of ether oxygens (including phenoxy) is 2. The van der Waals surface area contributed by atoms with Gasteiger partial charge in [0.1, 0.15) is 16.4 Å². The molecule has 1 saturated carbocycles. The number of benzene rings is 2. The number of likely N-dealkylation sites (tertiary alicyclic amines) is 1. The van der Waals surface area contributed by atoms with Crippen LogP contribution in [0.2, 0.25) is 5.02 Å². The lowest BCUT2D eigenvalue weighted by atomic mass is 9.82. The van der Waals surface area contributed by atoms with Crippen LogP contribution in [-0.4, -0.2) is 57.5 Å². The smallest absolute Gasteiger partial charge is 0.246 e. The van der Waals surface area contributed by atoms with Crippen molar-refractivity contribution >= 4 is 21.6 Å². The summed E-state index contributed by atoms with van der Waals surface area (Å²) < 4.78 is 39.2. The van der Waals surface area contributed by atoms with E-state index in [0.717, 1.165) is 49.4 Å². The Morgan fingerprint density at radius 2 is 1.85 bits per heavy atom. The van der Waals surface area contributed by atoms with E-state index in [0.29, 0.717) is 17.3 Å². The zero-order valence-corrected chi connectivity index (χ0v) is 21.2. The van der Waals surface area contributed by atoms with Gasteiger partial charge in [-0.15, -0.1) is 0 Å². The molecule has 2 aromatic rings. The Labute approximate surface area is 202 Å². The monoisotopic (exact) mass is 492 g/mol. The molecule has 1 aliphatic carbocycles. The Morgan fingerprint density at radius 1 is 1.12 bits per heavy atom. The fourth-order valence-corrected chi connectivity index (χ4v) is 6.38. The number of methoxy groups -OCH3 is 1. The van der Waals surface area contributed by atoms with E-state index in [1.54, 1.807) is 19.2 Å². The molecule has 0 unspecified atom stereocenters. The van der Waals surface area contributed by atoms with Crippen molar-refractivity contribution in [3.8, 4) is 11.5 Å². The average Bonchev–Trinajstić information content (AvgIpc) is 3.27. The second-order valence-electron chi connectivity index (χ2n) is 9.23. The van der Waals surface area contributed by atoms with Gasteiger partial charge in [-0.25, -0.2) is 12.7 Å². The molecule has 0 radical (unpaired) electrons. The standard InChI is InChI=1S/C25H33ClN2O4S/c1-18-9-10-22(31-3)24(13-18)33(29,30)27(2)16-19-14-21(15-19)32-23-8-6-7-20(25(23)26)17-28-11-4-5-12-28/h6-10,13,19,21H,4-5,11-12,14-17H2,1-3H3. The van der Waals surface area contributed by atoms with Crippen LogP contribution in [0.1, 0.15) is 36.8 Å². The van der Waals surface area contributed by atoms with Gasteiger partial charge in [-0.1, -0.05) is 29.8 Å². The van der Waals surface area contributed by atoms with Gasteiger partial charge in [0, 0.05) is 20.1 Å². The van der Waals surface area contributed by atoms with E-state index in [9.17, 15) is 8.42 Å². The van der Waals surface area contributed by atoms with E-state index in [-0.39, 0.29) is 16.9 Å². The zero-order chi connectivity index (χ0) is 23.6. The summed E-state index contributed by atoms with van der Waals surface area (Å²) in [5.41, 5.74) is 1.98. The Morgan fingerprint density at radius 3 is 2.55 bits per heavy atom. The van der Waals surface area contributed by atoms with Crippen molar-refractivity contribution in [1.82, 2.24) is 9.21 Å². The molecule has 4 rings (SSSR count). The third-order valence-corrected chi connectivity index (χ3v) is 8.92. The normalized spacial score (nSPS) is 21.2. The molecule has 1 heterocycles. The van der Waals surface area contributed by atoms with Crippen molar-refractivity contribution in [2.45, 2.75) is 50.2 Å². The predicted molar refractivity (Wildman–Crippen MR) is 131 cm³/mol. The minimum atomic E-state index is -3.63. The number of halogens is 1. The molecule has 0 atom stereocenters. The summed E-state index contributed by atoms with van der Waals surface area (Å²) in [7, 11) is -0.516. The number of sulfonamides is 1. The summed E-state index contributed by atoms with van der Waals surface area (Å²) >= 11 is 6.65. The largest absolute Gasteiger partial charge is 0.495 e. The first-order valence-corrected chi connectivity index (χ1v) is 13.4. The Hall–Kier alpha value is -1.80. The van der Waals surface area contributed by atoms with Gasteiger partial charge in [0.25, 0.3) is 0 Å². The molecule has 8 heteroatoms. The molecular weight excluding hydrogens is 460 g/mol. The maximum atomic E-state index is 13.1. The first kappa shape index (κ1) is 24.3. The predicted octanol–water partition coefficient (Wildman–Crippen LogP) is 4.73. The SMILES string of the molecule is COc1ccc(C)cc1S(=O)(=O)N(C)CC1CC(Oc2cccc(CN3CCCC3)c2Cl)C1. The molecule has 33 heavy (non-hydrogen) atoms. The van der Waals surface area contributed by atoms with E-state index in [1.807, 2.05) is 25.1 Å². The Bertz CT molecular complexity index is 1080. The van der Waals surface area contributed by atoms with Crippen LogP contribution in [0.3, 0.4) is 0 Å². The lowest BCUT2D eigenvalue weighted by Gasteiger charge is -2.37. The highest BCUT2D eigenvalue weighted by molar-refractivity contribution is 7.89. The van der Waals surface area contributed by atoms with Crippen molar-refractivity contribution < 1.29 is 17.9 Å². The molecule has 1 saturated heterocycles. The summed E-state index contributed by atoms with van der Waals surface area (Å²) in [5.74, 6) is 1.34. The summed E-state index contributed by atoms with van der Waals surface area (Å²) in [5, 5.41) is 0.694. The van der Waals surface area contributed by atoms with Crippen molar-refractivity contribution in [2.75, 3.05) is 33.8 Å². The van der Waals surface area contributed by atoms with Crippen LogP contribution >= 0.6 is 11.6 Å². The summed E-state index contributed by atoms with van der Waals surface area (Å²) in [6.07, 6.45) is 4.16. The fourth-order valence-electron chi connectivity index (χ4n) is 4.67. The van der Waals surface area contributed by atoms with Crippen molar-refractivity contribution in [3.05, 3.63) is 52.5 Å². The van der Waals surface area contributed by atoms with Crippen LogP contribution in [0.25, 0.3) is 0 Å². The number of hydrogen-bond acceptors (Lipinski definition) is 5. The van der Waals surface area contributed by atoms with E-state index < -0.39 is 10.0 Å². The molecule has 180 valence electrons. The molecule has 2 aliphatic rings. The van der Waals surface area contributed by atoms with E-state index in [4.69, 9.17) is 21.1 Å². The number of nitrogens with zero attached hydrogens (tertiary/aromatic N) is 2. The lowest BCUT2D eigenvalue weighted by Crippen LogP contribution is -2.42. The number of hydrogen-bond donors (Lipinski definition) is 0. The van der Waals surface area contributed by atoms with Gasteiger partial charge < -0.3 is 9.47 Å². The van der Waals surface area contributed by atoms with Gasteiger partial charge in [-0.2, -0.15) is 0 Å². The van der Waals surface area contributed by atoms with Gasteiger partial charge in [0.15, 0.2) is 0 Å². The zero-order valence-electron chi connectivity index (χ0n) is 19.6. The van der Waals surface area contributed by atoms with Gasteiger partial charge in [-0.05, 0) is 80.9 Å². The van der Waals surface area contributed by atoms with Crippen LogP contribution < -0.4 is 9.47 Å². The third kappa shape index (κ3) is 5.48. The molecule has 0 bridgehead atoms. The van der Waals surface area contributed by atoms with Crippen LogP contribution in [0.4, 0.5) is 0 Å². The average molecular weight is 493 g/mol. The molecule has 0 amide bonds. The number of aryl methyl sites for hydroxylation is 1. The Balaban J connectivity index is 1.33. The Kier molecular flexibility index (Phi) is 7.53. The van der Waals surface area contributed by atoms with Gasteiger partial charge >= 0.3 is 0 Å². The summed E-state index contributed by atoms with van der Waals surface area (Å²) in [6.45, 7) is 5.42. The second kappa shape index (κ2) is 10.2. The van der Waals surface area contributed by atoms with Crippen LogP contribution in [0.5, 0.6) is 11.5 Å². The lowest BCUT2D eigenvalue weighted by molar-refractivity contribution is 0.0575.